The van der Waals surface area contributed by atoms with E-state index in [0.717, 1.165) is 7.11 Å². The first kappa shape index (κ1) is 12.7. The predicted molar refractivity (Wildman–Crippen MR) is 63.0 cm³/mol. The zero-order chi connectivity index (χ0) is 13.1. The molecule has 0 fully saturated rings. The van der Waals surface area contributed by atoms with E-state index in [1.54, 1.807) is 18.2 Å². The highest BCUT2D eigenvalue weighted by molar-refractivity contribution is 6.47. The standard InChI is InChI=1S/C12H11ClO5/c1-16-12(15)11(14)10(13)7-2-3-8-9(6-7)18-5-4-17-8/h2-3,6,10H,4-5H2,1H3. The van der Waals surface area contributed by atoms with E-state index in [-0.39, 0.29) is 0 Å². The lowest BCUT2D eigenvalue weighted by Crippen LogP contribution is -2.21. The zero-order valence-electron chi connectivity index (χ0n) is 9.64. The van der Waals surface area contributed by atoms with Crippen LogP contribution in [0.4, 0.5) is 0 Å². The van der Waals surface area contributed by atoms with Crippen molar-refractivity contribution in [3.05, 3.63) is 23.8 Å². The summed E-state index contributed by atoms with van der Waals surface area (Å²) in [6.07, 6.45) is 0. The maximum atomic E-state index is 11.6. The van der Waals surface area contributed by atoms with Crippen LogP contribution >= 0.6 is 11.6 Å². The number of hydrogen-bond acceptors (Lipinski definition) is 5. The fourth-order valence-corrected chi connectivity index (χ4v) is 1.80. The molecule has 0 saturated heterocycles. The van der Waals surface area contributed by atoms with Crippen molar-refractivity contribution in [3.63, 3.8) is 0 Å². The first-order valence-electron chi connectivity index (χ1n) is 5.29. The fourth-order valence-electron chi connectivity index (χ4n) is 1.57. The van der Waals surface area contributed by atoms with Gasteiger partial charge in [0.15, 0.2) is 11.5 Å². The van der Waals surface area contributed by atoms with Crippen LogP contribution in [-0.2, 0) is 14.3 Å². The van der Waals surface area contributed by atoms with E-state index < -0.39 is 17.1 Å². The number of carbonyl (C=O) groups is 2. The van der Waals surface area contributed by atoms with E-state index in [9.17, 15) is 9.59 Å². The third-order valence-corrected chi connectivity index (χ3v) is 2.93. The van der Waals surface area contributed by atoms with Gasteiger partial charge in [0.05, 0.1) is 7.11 Å². The Balaban J connectivity index is 2.23. The quantitative estimate of drug-likeness (QED) is 0.473. The van der Waals surface area contributed by atoms with E-state index in [1.807, 2.05) is 0 Å². The van der Waals surface area contributed by atoms with E-state index >= 15 is 0 Å². The molecular formula is C12H11ClO5. The number of halogens is 1. The SMILES string of the molecule is COC(=O)C(=O)C(Cl)c1ccc2c(c1)OCCO2. The Labute approximate surface area is 109 Å². The van der Waals surface area contributed by atoms with Gasteiger partial charge in [0.1, 0.15) is 18.6 Å². The number of ether oxygens (including phenoxy) is 3. The molecule has 0 spiro atoms. The Bertz CT molecular complexity index is 485. The van der Waals surface area contributed by atoms with Gasteiger partial charge in [0, 0.05) is 0 Å². The Kier molecular flexibility index (Phi) is 3.72. The topological polar surface area (TPSA) is 61.8 Å². The van der Waals surface area contributed by atoms with Gasteiger partial charge in [-0.1, -0.05) is 6.07 Å². The van der Waals surface area contributed by atoms with Crippen LogP contribution in [0.1, 0.15) is 10.9 Å². The molecule has 96 valence electrons. The van der Waals surface area contributed by atoms with E-state index in [2.05, 4.69) is 4.74 Å². The molecule has 1 unspecified atom stereocenters. The van der Waals surface area contributed by atoms with Crippen molar-refractivity contribution in [2.45, 2.75) is 5.38 Å². The number of rotatable bonds is 3. The normalized spacial score (nSPS) is 14.8. The molecule has 6 heteroatoms. The summed E-state index contributed by atoms with van der Waals surface area (Å²) >= 11 is 5.93. The molecule has 0 N–H and O–H groups in total. The molecule has 18 heavy (non-hydrogen) atoms. The molecule has 1 aliphatic rings. The summed E-state index contributed by atoms with van der Waals surface area (Å²) in [5.41, 5.74) is 0.469. The van der Waals surface area contributed by atoms with Gasteiger partial charge in [-0.15, -0.1) is 11.6 Å². The molecule has 1 heterocycles. The molecule has 0 aromatic heterocycles. The molecule has 1 atom stereocenters. The highest BCUT2D eigenvalue weighted by Crippen LogP contribution is 2.34. The molecule has 0 radical (unpaired) electrons. The van der Waals surface area contributed by atoms with Gasteiger partial charge in [0.2, 0.25) is 0 Å². The van der Waals surface area contributed by atoms with Crippen molar-refractivity contribution in [1.29, 1.82) is 0 Å². The summed E-state index contributed by atoms with van der Waals surface area (Å²) in [4.78, 5) is 22.7. The maximum Gasteiger partial charge on any atom is 0.376 e. The van der Waals surface area contributed by atoms with Crippen LogP contribution in [0.2, 0.25) is 0 Å². The van der Waals surface area contributed by atoms with Gasteiger partial charge >= 0.3 is 5.97 Å². The largest absolute Gasteiger partial charge is 0.486 e. The van der Waals surface area contributed by atoms with Gasteiger partial charge in [-0.25, -0.2) is 4.79 Å². The predicted octanol–water partition coefficient (Wildman–Crippen LogP) is 1.48. The van der Waals surface area contributed by atoms with Crippen molar-refractivity contribution in [2.75, 3.05) is 20.3 Å². The first-order chi connectivity index (χ1) is 8.63. The molecule has 2 rings (SSSR count). The average molecular weight is 271 g/mol. The number of Topliss-reactive ketones (excluding diaryl/α,β-unsaturated/α-hetero) is 1. The van der Waals surface area contributed by atoms with E-state index in [1.165, 1.54) is 0 Å². The molecule has 5 nitrogen and oxygen atoms in total. The zero-order valence-corrected chi connectivity index (χ0v) is 10.4. The molecule has 0 saturated carbocycles. The van der Waals surface area contributed by atoms with Crippen molar-refractivity contribution in [1.82, 2.24) is 0 Å². The summed E-state index contributed by atoms with van der Waals surface area (Å²) in [5, 5.41) is -1.09. The van der Waals surface area contributed by atoms with Gasteiger partial charge in [-0.2, -0.15) is 0 Å². The number of ketones is 1. The highest BCUT2D eigenvalue weighted by Gasteiger charge is 2.27. The number of alkyl halides is 1. The third kappa shape index (κ3) is 2.41. The second-order valence-corrected chi connectivity index (χ2v) is 4.06. The summed E-state index contributed by atoms with van der Waals surface area (Å²) in [5.74, 6) is -0.665. The smallest absolute Gasteiger partial charge is 0.376 e. The van der Waals surface area contributed by atoms with Gasteiger partial charge in [-0.3, -0.25) is 4.79 Å². The average Bonchev–Trinajstić information content (AvgIpc) is 2.44. The van der Waals surface area contributed by atoms with Gasteiger partial charge in [-0.05, 0) is 17.7 Å². The van der Waals surface area contributed by atoms with Crippen LogP contribution in [0.25, 0.3) is 0 Å². The summed E-state index contributed by atoms with van der Waals surface area (Å²) in [6.45, 7) is 0.923. The number of carbonyl (C=O) groups excluding carboxylic acids is 2. The number of benzene rings is 1. The monoisotopic (exact) mass is 270 g/mol. The molecule has 0 bridgehead atoms. The summed E-state index contributed by atoms with van der Waals surface area (Å²) < 4.78 is 15.1. The molecule has 0 aliphatic carbocycles. The van der Waals surface area contributed by atoms with Crippen molar-refractivity contribution in [2.24, 2.45) is 0 Å². The second kappa shape index (κ2) is 5.27. The van der Waals surface area contributed by atoms with Gasteiger partial charge in [0.25, 0.3) is 5.78 Å². The van der Waals surface area contributed by atoms with E-state index in [4.69, 9.17) is 21.1 Å². The molecule has 1 aromatic rings. The van der Waals surface area contributed by atoms with Crippen LogP contribution in [0.5, 0.6) is 11.5 Å². The van der Waals surface area contributed by atoms with Crippen LogP contribution in [0.15, 0.2) is 18.2 Å². The summed E-state index contributed by atoms with van der Waals surface area (Å²) in [7, 11) is 1.13. The fraction of sp³-hybridized carbons (Fsp3) is 0.333. The van der Waals surface area contributed by atoms with Crippen molar-refractivity contribution in [3.8, 4) is 11.5 Å². The first-order valence-corrected chi connectivity index (χ1v) is 5.73. The molecule has 1 aromatic carbocycles. The Morgan fingerprint density at radius 1 is 1.28 bits per heavy atom. The van der Waals surface area contributed by atoms with Crippen molar-refractivity contribution >= 4 is 23.4 Å². The maximum absolute atomic E-state index is 11.6. The Morgan fingerprint density at radius 3 is 2.61 bits per heavy atom. The Hall–Kier alpha value is -1.75. The van der Waals surface area contributed by atoms with Crippen LogP contribution in [0, 0.1) is 0 Å². The number of methoxy groups -OCH3 is 1. The highest BCUT2D eigenvalue weighted by atomic mass is 35.5. The molecule has 1 aliphatic heterocycles. The lowest BCUT2D eigenvalue weighted by molar-refractivity contribution is -0.151. The van der Waals surface area contributed by atoms with Crippen LogP contribution in [-0.4, -0.2) is 32.1 Å². The van der Waals surface area contributed by atoms with Gasteiger partial charge < -0.3 is 14.2 Å². The minimum atomic E-state index is -1.09. The van der Waals surface area contributed by atoms with Crippen molar-refractivity contribution < 1.29 is 23.8 Å². The lowest BCUT2D eigenvalue weighted by atomic mass is 10.1. The number of hydrogen-bond donors (Lipinski definition) is 0. The minimum absolute atomic E-state index is 0.439. The van der Waals surface area contributed by atoms with E-state index in [0.29, 0.717) is 30.3 Å². The molecule has 0 amide bonds. The lowest BCUT2D eigenvalue weighted by Gasteiger charge is -2.19. The third-order valence-electron chi connectivity index (χ3n) is 2.48. The summed E-state index contributed by atoms with van der Waals surface area (Å²) in [6, 6.07) is 4.86. The Morgan fingerprint density at radius 2 is 1.94 bits per heavy atom. The number of fused-ring (bicyclic) bond motifs is 1. The minimum Gasteiger partial charge on any atom is -0.486 e. The van der Waals surface area contributed by atoms with Crippen LogP contribution < -0.4 is 9.47 Å². The molecular weight excluding hydrogens is 260 g/mol. The number of esters is 1. The van der Waals surface area contributed by atoms with Crippen LogP contribution in [0.3, 0.4) is 0 Å². The second-order valence-electron chi connectivity index (χ2n) is 3.62.